The molecule has 30 heavy (non-hydrogen) atoms. The lowest BCUT2D eigenvalue weighted by molar-refractivity contribution is -0.133. The maximum Gasteiger partial charge on any atom is 0.266 e. The monoisotopic (exact) mass is 425 g/mol. The number of hydrogen-bond donors (Lipinski definition) is 0. The zero-order valence-corrected chi connectivity index (χ0v) is 18.5. The molecular weight excluding hydrogens is 398 g/mol. The van der Waals surface area contributed by atoms with Gasteiger partial charge in [0.2, 0.25) is 5.91 Å². The molecule has 2 aromatic carbocycles. The van der Waals surface area contributed by atoms with Crippen molar-refractivity contribution in [2.75, 3.05) is 6.54 Å². The number of fused-ring (bicyclic) bond motifs is 1. The molecule has 1 heterocycles. The van der Waals surface area contributed by atoms with Gasteiger partial charge in [-0.05, 0) is 44.0 Å². The van der Waals surface area contributed by atoms with Gasteiger partial charge in [0.15, 0.2) is 0 Å². The second-order valence-corrected chi connectivity index (χ2v) is 7.85. The van der Waals surface area contributed by atoms with Crippen LogP contribution in [0, 0.1) is 0 Å². The number of unbranched alkanes of at least 4 members (excludes halogenated alkanes) is 1. The average molecular weight is 426 g/mol. The van der Waals surface area contributed by atoms with E-state index in [0.29, 0.717) is 40.4 Å². The standard InChI is InChI=1S/C24H28ClN3O2/c1-4-6-16-27(22(29)11-5-2)17(3)23-26-20-14-9-7-12-18(20)24(30)28(23)21-15-10-8-13-19(21)25/h7-10,12-15,17H,4-6,11,16H2,1-3H3. The molecular formula is C24H28ClN3O2. The number of aromatic nitrogens is 2. The number of halogens is 1. The summed E-state index contributed by atoms with van der Waals surface area (Å²) in [6, 6.07) is 14.1. The van der Waals surface area contributed by atoms with E-state index in [1.807, 2.05) is 49.1 Å². The predicted molar refractivity (Wildman–Crippen MR) is 122 cm³/mol. The van der Waals surface area contributed by atoms with Crippen molar-refractivity contribution in [2.24, 2.45) is 0 Å². The van der Waals surface area contributed by atoms with E-state index in [9.17, 15) is 9.59 Å². The van der Waals surface area contributed by atoms with Gasteiger partial charge < -0.3 is 4.90 Å². The van der Waals surface area contributed by atoms with Crippen LogP contribution < -0.4 is 5.56 Å². The molecule has 6 heteroatoms. The van der Waals surface area contributed by atoms with Crippen molar-refractivity contribution in [3.05, 3.63) is 69.7 Å². The Morgan fingerprint density at radius 3 is 2.50 bits per heavy atom. The first-order valence-corrected chi connectivity index (χ1v) is 10.9. The van der Waals surface area contributed by atoms with Crippen LogP contribution in [0.25, 0.3) is 16.6 Å². The molecule has 0 bridgehead atoms. The molecule has 1 unspecified atom stereocenters. The molecule has 1 aromatic heterocycles. The molecule has 158 valence electrons. The highest BCUT2D eigenvalue weighted by molar-refractivity contribution is 6.32. The largest absolute Gasteiger partial charge is 0.333 e. The van der Waals surface area contributed by atoms with Crippen LogP contribution in [0.4, 0.5) is 0 Å². The van der Waals surface area contributed by atoms with Crippen molar-refractivity contribution < 1.29 is 4.79 Å². The number of benzene rings is 2. The van der Waals surface area contributed by atoms with Crippen LogP contribution in [0.5, 0.6) is 0 Å². The summed E-state index contributed by atoms with van der Waals surface area (Å²) in [6.07, 6.45) is 3.11. The number of amides is 1. The van der Waals surface area contributed by atoms with Crippen molar-refractivity contribution in [1.82, 2.24) is 14.5 Å². The molecule has 0 saturated heterocycles. The zero-order valence-electron chi connectivity index (χ0n) is 17.8. The fraction of sp³-hybridized carbons (Fsp3) is 0.375. The van der Waals surface area contributed by atoms with Crippen molar-refractivity contribution in [2.45, 2.75) is 52.5 Å². The molecule has 1 amide bonds. The summed E-state index contributed by atoms with van der Waals surface area (Å²) in [6.45, 7) is 6.66. The number of carbonyl (C=O) groups is 1. The van der Waals surface area contributed by atoms with Crippen molar-refractivity contribution >= 4 is 28.4 Å². The van der Waals surface area contributed by atoms with Gasteiger partial charge in [0, 0.05) is 13.0 Å². The summed E-state index contributed by atoms with van der Waals surface area (Å²) < 4.78 is 1.56. The Morgan fingerprint density at radius 1 is 1.10 bits per heavy atom. The lowest BCUT2D eigenvalue weighted by Crippen LogP contribution is -2.38. The molecule has 0 aliphatic carbocycles. The molecule has 1 atom stereocenters. The van der Waals surface area contributed by atoms with Gasteiger partial charge in [-0.2, -0.15) is 0 Å². The quantitative estimate of drug-likeness (QED) is 0.476. The smallest absolute Gasteiger partial charge is 0.266 e. The third-order valence-electron chi connectivity index (χ3n) is 5.27. The number of rotatable bonds is 8. The molecule has 5 nitrogen and oxygen atoms in total. The van der Waals surface area contributed by atoms with Gasteiger partial charge in [0.25, 0.3) is 5.56 Å². The van der Waals surface area contributed by atoms with E-state index >= 15 is 0 Å². The third-order valence-corrected chi connectivity index (χ3v) is 5.59. The lowest BCUT2D eigenvalue weighted by Gasteiger charge is -2.30. The highest BCUT2D eigenvalue weighted by Crippen LogP contribution is 2.27. The minimum Gasteiger partial charge on any atom is -0.333 e. The van der Waals surface area contributed by atoms with E-state index in [4.69, 9.17) is 16.6 Å². The SMILES string of the molecule is CCCCN(C(=O)CCC)C(C)c1nc2ccccc2c(=O)n1-c1ccccc1Cl. The second kappa shape index (κ2) is 9.90. The van der Waals surface area contributed by atoms with Crippen LogP contribution in [0.15, 0.2) is 53.3 Å². The van der Waals surface area contributed by atoms with Crippen LogP contribution in [0.3, 0.4) is 0 Å². The van der Waals surface area contributed by atoms with E-state index in [1.165, 1.54) is 0 Å². The molecule has 3 rings (SSSR count). The number of nitrogens with zero attached hydrogens (tertiary/aromatic N) is 3. The normalized spacial score (nSPS) is 12.1. The van der Waals surface area contributed by atoms with Gasteiger partial charge in [0.1, 0.15) is 5.82 Å². The van der Waals surface area contributed by atoms with Gasteiger partial charge in [0.05, 0.1) is 27.7 Å². The minimum absolute atomic E-state index is 0.0755. The summed E-state index contributed by atoms with van der Waals surface area (Å²) >= 11 is 6.47. The Labute approximate surface area is 182 Å². The summed E-state index contributed by atoms with van der Waals surface area (Å²) in [4.78, 5) is 33.1. The lowest BCUT2D eigenvalue weighted by atomic mass is 10.1. The molecule has 0 saturated carbocycles. The van der Waals surface area contributed by atoms with E-state index in [-0.39, 0.29) is 17.5 Å². The average Bonchev–Trinajstić information content (AvgIpc) is 2.75. The van der Waals surface area contributed by atoms with Gasteiger partial charge >= 0.3 is 0 Å². The van der Waals surface area contributed by atoms with Gasteiger partial charge in [-0.15, -0.1) is 0 Å². The first kappa shape index (κ1) is 22.0. The van der Waals surface area contributed by atoms with E-state index in [2.05, 4.69) is 6.92 Å². The maximum atomic E-state index is 13.5. The van der Waals surface area contributed by atoms with E-state index in [0.717, 1.165) is 19.3 Å². The summed E-state index contributed by atoms with van der Waals surface area (Å²) in [5.41, 5.74) is 1.00. The highest BCUT2D eigenvalue weighted by Gasteiger charge is 2.26. The summed E-state index contributed by atoms with van der Waals surface area (Å²) in [5, 5.41) is 0.985. The Bertz CT molecular complexity index is 1090. The van der Waals surface area contributed by atoms with Crippen molar-refractivity contribution in [3.8, 4) is 5.69 Å². The maximum absolute atomic E-state index is 13.5. The Hall–Kier alpha value is -2.66. The van der Waals surface area contributed by atoms with Crippen LogP contribution in [-0.4, -0.2) is 26.9 Å². The molecule has 3 aromatic rings. The van der Waals surface area contributed by atoms with Crippen LogP contribution >= 0.6 is 11.6 Å². The molecule has 0 fully saturated rings. The summed E-state index contributed by atoms with van der Waals surface area (Å²) in [5.74, 6) is 0.596. The zero-order chi connectivity index (χ0) is 21.7. The topological polar surface area (TPSA) is 55.2 Å². The van der Waals surface area contributed by atoms with Crippen LogP contribution in [0.2, 0.25) is 5.02 Å². The van der Waals surface area contributed by atoms with E-state index in [1.54, 1.807) is 22.8 Å². The fourth-order valence-corrected chi connectivity index (χ4v) is 3.88. The van der Waals surface area contributed by atoms with Gasteiger partial charge in [-0.1, -0.05) is 56.1 Å². The predicted octanol–water partition coefficient (Wildman–Crippen LogP) is 5.53. The van der Waals surface area contributed by atoms with Gasteiger partial charge in [-0.3, -0.25) is 14.2 Å². The van der Waals surface area contributed by atoms with Crippen LogP contribution in [-0.2, 0) is 4.79 Å². The third kappa shape index (κ3) is 4.41. The highest BCUT2D eigenvalue weighted by atomic mass is 35.5. The fourth-order valence-electron chi connectivity index (χ4n) is 3.66. The Morgan fingerprint density at radius 2 is 1.80 bits per heavy atom. The van der Waals surface area contributed by atoms with E-state index < -0.39 is 0 Å². The molecule has 0 spiro atoms. The second-order valence-electron chi connectivity index (χ2n) is 7.45. The first-order valence-electron chi connectivity index (χ1n) is 10.6. The van der Waals surface area contributed by atoms with Gasteiger partial charge in [-0.25, -0.2) is 4.98 Å². The molecule has 0 radical (unpaired) electrons. The van der Waals surface area contributed by atoms with Crippen molar-refractivity contribution in [1.29, 1.82) is 0 Å². The summed E-state index contributed by atoms with van der Waals surface area (Å²) in [7, 11) is 0. The molecule has 0 aliphatic heterocycles. The molecule has 0 N–H and O–H groups in total. The number of hydrogen-bond acceptors (Lipinski definition) is 3. The minimum atomic E-state index is -0.371. The van der Waals surface area contributed by atoms with Crippen molar-refractivity contribution in [3.63, 3.8) is 0 Å². The van der Waals surface area contributed by atoms with Crippen LogP contribution in [0.1, 0.15) is 58.3 Å². The molecule has 0 aliphatic rings. The Balaban J connectivity index is 2.25. The number of carbonyl (C=O) groups excluding carboxylic acids is 1. The number of para-hydroxylation sites is 2. The Kier molecular flexibility index (Phi) is 7.27. The first-order chi connectivity index (χ1) is 14.5.